The number of aryl methyl sites for hydroxylation is 1. The van der Waals surface area contributed by atoms with Crippen LogP contribution < -0.4 is 5.32 Å². The lowest BCUT2D eigenvalue weighted by Crippen LogP contribution is -2.39. The smallest absolute Gasteiger partial charge is 0.240 e. The molecule has 0 atom stereocenters. The minimum atomic E-state index is -0.822. The van der Waals surface area contributed by atoms with Crippen LogP contribution in [0.4, 0.5) is 0 Å². The fourth-order valence-electron chi connectivity index (χ4n) is 2.77. The summed E-state index contributed by atoms with van der Waals surface area (Å²) in [5, 5.41) is 12.4. The molecular formula is C16H21N3O. The summed E-state index contributed by atoms with van der Waals surface area (Å²) < 4.78 is 0. The van der Waals surface area contributed by atoms with Gasteiger partial charge in [-0.2, -0.15) is 5.26 Å². The van der Waals surface area contributed by atoms with Crippen LogP contribution in [-0.4, -0.2) is 10.9 Å². The Bertz CT molecular complexity index is 511. The maximum absolute atomic E-state index is 12.4. The molecule has 1 aliphatic carbocycles. The van der Waals surface area contributed by atoms with Crippen LogP contribution in [0.3, 0.4) is 0 Å². The zero-order valence-electron chi connectivity index (χ0n) is 12.0. The minimum Gasteiger partial charge on any atom is -0.351 e. The quantitative estimate of drug-likeness (QED) is 0.860. The number of nitrogens with one attached hydrogen (secondary N) is 1. The summed E-state index contributed by atoms with van der Waals surface area (Å²) >= 11 is 0. The normalized spacial score (nSPS) is 17.8. The molecule has 20 heavy (non-hydrogen) atoms. The monoisotopic (exact) mass is 271 g/mol. The molecule has 1 amide bonds. The Morgan fingerprint density at radius 2 is 2.10 bits per heavy atom. The largest absolute Gasteiger partial charge is 0.351 e. The van der Waals surface area contributed by atoms with Gasteiger partial charge in [-0.25, -0.2) is 0 Å². The van der Waals surface area contributed by atoms with Crippen LogP contribution in [0.15, 0.2) is 18.5 Å². The molecule has 1 heterocycles. The van der Waals surface area contributed by atoms with Gasteiger partial charge in [0.1, 0.15) is 5.41 Å². The molecule has 1 aromatic heterocycles. The summed E-state index contributed by atoms with van der Waals surface area (Å²) in [6, 6.07) is 4.19. The van der Waals surface area contributed by atoms with E-state index in [0.29, 0.717) is 19.4 Å². The molecule has 0 radical (unpaired) electrons. The summed E-state index contributed by atoms with van der Waals surface area (Å²) in [5.74, 6) is -0.113. The highest BCUT2D eigenvalue weighted by Gasteiger charge is 2.38. The molecule has 1 aliphatic rings. The lowest BCUT2D eigenvalue weighted by Gasteiger charge is -2.23. The molecule has 1 fully saturated rings. The van der Waals surface area contributed by atoms with Gasteiger partial charge >= 0.3 is 0 Å². The number of rotatable bonds is 3. The molecule has 0 spiro atoms. The summed E-state index contributed by atoms with van der Waals surface area (Å²) in [5.41, 5.74) is 1.28. The molecule has 106 valence electrons. The van der Waals surface area contributed by atoms with Crippen molar-refractivity contribution >= 4 is 5.91 Å². The van der Waals surface area contributed by atoms with Gasteiger partial charge in [-0.15, -0.1) is 0 Å². The van der Waals surface area contributed by atoms with Gasteiger partial charge in [0.05, 0.1) is 6.07 Å². The zero-order chi connectivity index (χ0) is 14.4. The molecule has 4 heteroatoms. The Morgan fingerprint density at radius 1 is 1.40 bits per heavy atom. The number of carbonyl (C=O) groups excluding carboxylic acids is 1. The van der Waals surface area contributed by atoms with Gasteiger partial charge in [-0.1, -0.05) is 25.7 Å². The zero-order valence-corrected chi connectivity index (χ0v) is 12.0. The second-order valence-electron chi connectivity index (χ2n) is 5.59. The number of aromatic nitrogens is 1. The third kappa shape index (κ3) is 3.16. The molecule has 2 rings (SSSR count). The van der Waals surface area contributed by atoms with Crippen LogP contribution in [0, 0.1) is 23.7 Å². The van der Waals surface area contributed by atoms with E-state index in [9.17, 15) is 10.1 Å². The summed E-state index contributed by atoms with van der Waals surface area (Å²) in [6.45, 7) is 2.44. The van der Waals surface area contributed by atoms with Gasteiger partial charge in [0, 0.05) is 18.9 Å². The van der Waals surface area contributed by atoms with E-state index >= 15 is 0 Å². The molecule has 0 bridgehead atoms. The van der Waals surface area contributed by atoms with Crippen molar-refractivity contribution in [1.29, 1.82) is 5.26 Å². The Hall–Kier alpha value is -1.89. The van der Waals surface area contributed by atoms with Crippen molar-refractivity contribution in [2.75, 3.05) is 0 Å². The molecule has 0 unspecified atom stereocenters. The van der Waals surface area contributed by atoms with E-state index in [1.165, 1.54) is 0 Å². The van der Waals surface area contributed by atoms with E-state index < -0.39 is 5.41 Å². The number of hydrogen-bond donors (Lipinski definition) is 1. The van der Waals surface area contributed by atoms with Gasteiger partial charge in [-0.3, -0.25) is 9.78 Å². The van der Waals surface area contributed by atoms with Crippen molar-refractivity contribution in [3.8, 4) is 6.07 Å². The third-order valence-electron chi connectivity index (χ3n) is 4.18. The highest BCUT2D eigenvalue weighted by molar-refractivity contribution is 5.85. The number of hydrogen-bond acceptors (Lipinski definition) is 3. The number of carbonyl (C=O) groups is 1. The first-order valence-corrected chi connectivity index (χ1v) is 7.27. The molecule has 1 N–H and O–H groups in total. The third-order valence-corrected chi connectivity index (χ3v) is 4.18. The second kappa shape index (κ2) is 6.51. The molecule has 4 nitrogen and oxygen atoms in total. The Balaban J connectivity index is 2.03. The molecule has 0 aliphatic heterocycles. The summed E-state index contributed by atoms with van der Waals surface area (Å²) in [4.78, 5) is 16.5. The maximum atomic E-state index is 12.4. The van der Waals surface area contributed by atoms with Crippen LogP contribution in [0.2, 0.25) is 0 Å². The Morgan fingerprint density at radius 3 is 2.70 bits per heavy atom. The number of nitrogens with zero attached hydrogens (tertiary/aromatic N) is 2. The van der Waals surface area contributed by atoms with E-state index in [0.717, 1.165) is 36.8 Å². The van der Waals surface area contributed by atoms with Gasteiger partial charge in [0.2, 0.25) is 5.91 Å². The number of nitriles is 1. The molecule has 0 saturated heterocycles. The highest BCUT2D eigenvalue weighted by Crippen LogP contribution is 2.34. The van der Waals surface area contributed by atoms with Gasteiger partial charge < -0.3 is 5.32 Å². The van der Waals surface area contributed by atoms with Crippen molar-refractivity contribution in [2.24, 2.45) is 5.41 Å². The van der Waals surface area contributed by atoms with Gasteiger partial charge in [0.25, 0.3) is 0 Å². The fraction of sp³-hybridized carbons (Fsp3) is 0.562. The average molecular weight is 271 g/mol. The lowest BCUT2D eigenvalue weighted by atomic mass is 9.81. The maximum Gasteiger partial charge on any atom is 0.240 e. The molecule has 1 aromatic rings. The molecular weight excluding hydrogens is 250 g/mol. The van der Waals surface area contributed by atoms with Crippen LogP contribution in [0.25, 0.3) is 0 Å². The van der Waals surface area contributed by atoms with Crippen LogP contribution >= 0.6 is 0 Å². The van der Waals surface area contributed by atoms with E-state index in [2.05, 4.69) is 16.4 Å². The van der Waals surface area contributed by atoms with E-state index in [1.807, 2.05) is 13.0 Å². The number of amides is 1. The Kier molecular flexibility index (Phi) is 4.73. The first-order valence-electron chi connectivity index (χ1n) is 7.27. The van der Waals surface area contributed by atoms with Crippen molar-refractivity contribution < 1.29 is 4.79 Å². The van der Waals surface area contributed by atoms with Crippen molar-refractivity contribution in [3.63, 3.8) is 0 Å². The average Bonchev–Trinajstić information content (AvgIpc) is 2.72. The standard InChI is InChI=1S/C16H21N3O/c1-13-10-18-9-6-14(13)11-19-15(20)16(12-17)7-4-2-3-5-8-16/h6,9-10H,2-5,7-8,11H2,1H3,(H,19,20). The van der Waals surface area contributed by atoms with E-state index in [1.54, 1.807) is 12.4 Å². The first kappa shape index (κ1) is 14.5. The van der Waals surface area contributed by atoms with Crippen LogP contribution in [-0.2, 0) is 11.3 Å². The lowest BCUT2D eigenvalue weighted by molar-refractivity contribution is -0.129. The summed E-state index contributed by atoms with van der Waals surface area (Å²) in [6.07, 6.45) is 9.06. The highest BCUT2D eigenvalue weighted by atomic mass is 16.2. The van der Waals surface area contributed by atoms with E-state index in [-0.39, 0.29) is 5.91 Å². The predicted molar refractivity (Wildman–Crippen MR) is 76.6 cm³/mol. The SMILES string of the molecule is Cc1cnccc1CNC(=O)C1(C#N)CCCCCC1. The molecule has 0 aromatic carbocycles. The minimum absolute atomic E-state index is 0.113. The van der Waals surface area contributed by atoms with Gasteiger partial charge in [0.15, 0.2) is 0 Å². The fourth-order valence-corrected chi connectivity index (χ4v) is 2.77. The summed E-state index contributed by atoms with van der Waals surface area (Å²) in [7, 11) is 0. The first-order chi connectivity index (χ1) is 9.68. The van der Waals surface area contributed by atoms with Crippen LogP contribution in [0.5, 0.6) is 0 Å². The van der Waals surface area contributed by atoms with Gasteiger partial charge in [-0.05, 0) is 37.0 Å². The van der Waals surface area contributed by atoms with Crippen molar-refractivity contribution in [1.82, 2.24) is 10.3 Å². The predicted octanol–water partition coefficient (Wildman–Crippen LogP) is 2.87. The van der Waals surface area contributed by atoms with Crippen LogP contribution in [0.1, 0.15) is 49.7 Å². The van der Waals surface area contributed by atoms with E-state index in [4.69, 9.17) is 0 Å². The van der Waals surface area contributed by atoms with Crippen molar-refractivity contribution in [3.05, 3.63) is 29.6 Å². The topological polar surface area (TPSA) is 65.8 Å². The van der Waals surface area contributed by atoms with Crippen molar-refractivity contribution in [2.45, 2.75) is 52.0 Å². The molecule has 1 saturated carbocycles. The Labute approximate surface area is 120 Å². The number of pyridine rings is 1. The second-order valence-corrected chi connectivity index (χ2v) is 5.59.